The molecule has 1 rings (SSSR count). The van der Waals surface area contributed by atoms with E-state index in [0.717, 1.165) is 0 Å². The smallest absolute Gasteiger partial charge is 0.0599 e. The molecule has 0 saturated carbocycles. The highest BCUT2D eigenvalue weighted by molar-refractivity contribution is 7.99. The Balaban J connectivity index is 2.55. The second-order valence-electron chi connectivity index (χ2n) is 3.64. The van der Waals surface area contributed by atoms with Gasteiger partial charge in [-0.3, -0.25) is 4.90 Å². The average molecular weight is 209 g/mol. The zero-order valence-corrected chi connectivity index (χ0v) is 10.1. The molecule has 0 aliphatic heterocycles. The molecule has 0 spiro atoms. The van der Waals surface area contributed by atoms with E-state index in [1.165, 1.54) is 17.7 Å². The highest BCUT2D eigenvalue weighted by atomic mass is 32.2. The summed E-state index contributed by atoms with van der Waals surface area (Å²) in [6.07, 6.45) is 2.48. The standard InChI is InChI=1S/C12H19NS/c1-4-8-12(13(2)3)14-11-9-6-5-7-10-11/h5-7,9-10,12H,4,8H2,1-3H3. The lowest BCUT2D eigenvalue weighted by molar-refractivity contribution is 0.365. The second-order valence-corrected chi connectivity index (χ2v) is 4.89. The Morgan fingerprint density at radius 3 is 2.36 bits per heavy atom. The molecule has 0 aliphatic rings. The van der Waals surface area contributed by atoms with Gasteiger partial charge in [0.15, 0.2) is 0 Å². The van der Waals surface area contributed by atoms with Crippen molar-refractivity contribution in [3.05, 3.63) is 30.3 Å². The van der Waals surface area contributed by atoms with Gasteiger partial charge in [0, 0.05) is 4.90 Å². The molecule has 1 atom stereocenters. The SMILES string of the molecule is CCCC(Sc1ccccc1)N(C)C. The first kappa shape index (κ1) is 11.6. The number of hydrogen-bond donors (Lipinski definition) is 0. The van der Waals surface area contributed by atoms with Crippen LogP contribution in [0.1, 0.15) is 19.8 Å². The van der Waals surface area contributed by atoms with Gasteiger partial charge in [-0.05, 0) is 32.6 Å². The van der Waals surface area contributed by atoms with Crippen LogP contribution in [-0.4, -0.2) is 24.4 Å². The first-order valence-electron chi connectivity index (χ1n) is 5.12. The van der Waals surface area contributed by atoms with E-state index in [2.05, 4.69) is 56.3 Å². The molecule has 0 radical (unpaired) electrons. The molecule has 14 heavy (non-hydrogen) atoms. The van der Waals surface area contributed by atoms with Crippen LogP contribution in [0.3, 0.4) is 0 Å². The van der Waals surface area contributed by atoms with Crippen LogP contribution < -0.4 is 0 Å². The molecular weight excluding hydrogens is 190 g/mol. The monoisotopic (exact) mass is 209 g/mol. The first-order chi connectivity index (χ1) is 6.74. The van der Waals surface area contributed by atoms with Crippen molar-refractivity contribution in [1.82, 2.24) is 4.90 Å². The van der Waals surface area contributed by atoms with Gasteiger partial charge < -0.3 is 0 Å². The van der Waals surface area contributed by atoms with Crippen molar-refractivity contribution in [3.63, 3.8) is 0 Å². The molecule has 0 aromatic heterocycles. The van der Waals surface area contributed by atoms with E-state index in [9.17, 15) is 0 Å². The van der Waals surface area contributed by atoms with Crippen molar-refractivity contribution in [3.8, 4) is 0 Å². The van der Waals surface area contributed by atoms with Crippen molar-refractivity contribution in [2.24, 2.45) is 0 Å². The Labute approximate surface area is 91.5 Å². The zero-order valence-electron chi connectivity index (χ0n) is 9.23. The van der Waals surface area contributed by atoms with Crippen LogP contribution in [0.2, 0.25) is 0 Å². The van der Waals surface area contributed by atoms with Gasteiger partial charge in [-0.1, -0.05) is 31.5 Å². The normalized spacial score (nSPS) is 13.1. The number of thioether (sulfide) groups is 1. The minimum atomic E-state index is 0.599. The molecule has 0 bridgehead atoms. The Morgan fingerprint density at radius 1 is 1.21 bits per heavy atom. The number of nitrogens with zero attached hydrogens (tertiary/aromatic N) is 1. The Bertz CT molecular complexity index is 246. The summed E-state index contributed by atoms with van der Waals surface area (Å²) in [6.45, 7) is 2.24. The van der Waals surface area contributed by atoms with Gasteiger partial charge in [0.1, 0.15) is 0 Å². The van der Waals surface area contributed by atoms with E-state index in [1.807, 2.05) is 11.8 Å². The van der Waals surface area contributed by atoms with Gasteiger partial charge in [-0.25, -0.2) is 0 Å². The molecule has 0 amide bonds. The molecule has 0 N–H and O–H groups in total. The van der Waals surface area contributed by atoms with Crippen molar-refractivity contribution < 1.29 is 0 Å². The molecular formula is C12H19NS. The minimum Gasteiger partial charge on any atom is -0.297 e. The summed E-state index contributed by atoms with van der Waals surface area (Å²) in [7, 11) is 4.30. The van der Waals surface area contributed by atoms with Gasteiger partial charge in [0.25, 0.3) is 0 Å². The molecule has 0 saturated heterocycles. The lowest BCUT2D eigenvalue weighted by atomic mass is 10.3. The molecule has 0 fully saturated rings. The predicted octanol–water partition coefficient (Wildman–Crippen LogP) is 3.47. The molecule has 0 aliphatic carbocycles. The summed E-state index contributed by atoms with van der Waals surface area (Å²) in [4.78, 5) is 3.65. The van der Waals surface area contributed by atoms with Gasteiger partial charge in [-0.2, -0.15) is 0 Å². The quantitative estimate of drug-likeness (QED) is 0.539. The molecule has 0 heterocycles. The van der Waals surface area contributed by atoms with E-state index >= 15 is 0 Å². The average Bonchev–Trinajstić information content (AvgIpc) is 2.18. The van der Waals surface area contributed by atoms with Gasteiger partial charge >= 0.3 is 0 Å². The zero-order chi connectivity index (χ0) is 10.4. The van der Waals surface area contributed by atoms with Crippen LogP contribution in [0.25, 0.3) is 0 Å². The fraction of sp³-hybridized carbons (Fsp3) is 0.500. The van der Waals surface area contributed by atoms with Crippen LogP contribution in [0.4, 0.5) is 0 Å². The van der Waals surface area contributed by atoms with E-state index in [4.69, 9.17) is 0 Å². The highest BCUT2D eigenvalue weighted by Gasteiger charge is 2.10. The minimum absolute atomic E-state index is 0.599. The van der Waals surface area contributed by atoms with Gasteiger partial charge in [0.2, 0.25) is 0 Å². The Morgan fingerprint density at radius 2 is 1.86 bits per heavy atom. The van der Waals surface area contributed by atoms with Crippen molar-refractivity contribution in [2.45, 2.75) is 30.0 Å². The summed E-state index contributed by atoms with van der Waals surface area (Å²) in [6, 6.07) is 10.6. The fourth-order valence-electron chi connectivity index (χ4n) is 1.33. The largest absolute Gasteiger partial charge is 0.297 e. The summed E-state index contributed by atoms with van der Waals surface area (Å²) in [5, 5.41) is 0.599. The predicted molar refractivity (Wildman–Crippen MR) is 64.7 cm³/mol. The van der Waals surface area contributed by atoms with Crippen molar-refractivity contribution in [2.75, 3.05) is 14.1 Å². The van der Waals surface area contributed by atoms with E-state index in [0.29, 0.717) is 5.37 Å². The van der Waals surface area contributed by atoms with Crippen LogP contribution in [-0.2, 0) is 0 Å². The Hall–Kier alpha value is -0.470. The third-order valence-electron chi connectivity index (χ3n) is 2.13. The van der Waals surface area contributed by atoms with Gasteiger partial charge in [0.05, 0.1) is 5.37 Å². The number of benzene rings is 1. The number of rotatable bonds is 5. The molecule has 1 unspecified atom stereocenters. The van der Waals surface area contributed by atoms with Crippen LogP contribution >= 0.6 is 11.8 Å². The highest BCUT2D eigenvalue weighted by Crippen LogP contribution is 2.26. The van der Waals surface area contributed by atoms with Crippen LogP contribution in [0, 0.1) is 0 Å². The fourth-order valence-corrected chi connectivity index (χ4v) is 2.52. The third-order valence-corrected chi connectivity index (χ3v) is 3.60. The van der Waals surface area contributed by atoms with Crippen LogP contribution in [0.5, 0.6) is 0 Å². The lowest BCUT2D eigenvalue weighted by Crippen LogP contribution is -2.24. The number of hydrogen-bond acceptors (Lipinski definition) is 2. The molecule has 2 heteroatoms. The maximum Gasteiger partial charge on any atom is 0.0599 e. The lowest BCUT2D eigenvalue weighted by Gasteiger charge is -2.23. The first-order valence-corrected chi connectivity index (χ1v) is 6.00. The molecule has 1 nitrogen and oxygen atoms in total. The molecule has 1 aromatic carbocycles. The van der Waals surface area contributed by atoms with Crippen molar-refractivity contribution in [1.29, 1.82) is 0 Å². The summed E-state index contributed by atoms with van der Waals surface area (Å²) in [5.41, 5.74) is 0. The van der Waals surface area contributed by atoms with E-state index in [-0.39, 0.29) is 0 Å². The maximum absolute atomic E-state index is 2.29. The summed E-state index contributed by atoms with van der Waals surface area (Å²) >= 11 is 1.95. The summed E-state index contributed by atoms with van der Waals surface area (Å²) in [5.74, 6) is 0. The topological polar surface area (TPSA) is 3.24 Å². The maximum atomic E-state index is 2.29. The molecule has 1 aromatic rings. The van der Waals surface area contributed by atoms with Crippen molar-refractivity contribution >= 4 is 11.8 Å². The van der Waals surface area contributed by atoms with Gasteiger partial charge in [-0.15, -0.1) is 11.8 Å². The molecule has 78 valence electrons. The Kier molecular flexibility index (Phi) is 5.05. The van der Waals surface area contributed by atoms with E-state index < -0.39 is 0 Å². The van der Waals surface area contributed by atoms with E-state index in [1.54, 1.807) is 0 Å². The second kappa shape index (κ2) is 6.10. The van der Waals surface area contributed by atoms with Crippen LogP contribution in [0.15, 0.2) is 35.2 Å². The summed E-state index contributed by atoms with van der Waals surface area (Å²) < 4.78 is 0. The third kappa shape index (κ3) is 3.72.